The summed E-state index contributed by atoms with van der Waals surface area (Å²) in [6.45, 7) is 4.12. The van der Waals surface area contributed by atoms with Gasteiger partial charge in [-0.25, -0.2) is 4.39 Å². The van der Waals surface area contributed by atoms with Crippen LogP contribution in [0.25, 0.3) is 0 Å². The molecule has 0 saturated heterocycles. The first-order valence-electron chi connectivity index (χ1n) is 5.14. The van der Waals surface area contributed by atoms with Crippen molar-refractivity contribution >= 4 is 5.69 Å². The van der Waals surface area contributed by atoms with Crippen molar-refractivity contribution in [1.82, 2.24) is 0 Å². The Morgan fingerprint density at radius 1 is 1.53 bits per heavy atom. The first-order chi connectivity index (χ1) is 7.19. The smallest absolute Gasteiger partial charge is 0.143 e. The zero-order chi connectivity index (χ0) is 11.3. The summed E-state index contributed by atoms with van der Waals surface area (Å²) in [7, 11) is 0. The Bertz CT molecular complexity index is 368. The minimum Gasteiger partial charge on any atom is -0.381 e. The van der Waals surface area contributed by atoms with Crippen LogP contribution >= 0.6 is 0 Å². The van der Waals surface area contributed by atoms with E-state index in [9.17, 15) is 4.39 Å². The number of hydrogen-bond donors (Lipinski definition) is 1. The maximum Gasteiger partial charge on any atom is 0.143 e. The predicted octanol–water partition coefficient (Wildman–Crippen LogP) is 3.30. The molecule has 0 fully saturated rings. The number of hydrogen-bond acceptors (Lipinski definition) is 2. The first-order valence-corrected chi connectivity index (χ1v) is 5.14. The Kier molecular flexibility index (Phi) is 4.11. The third kappa shape index (κ3) is 2.95. The molecule has 0 aliphatic carbocycles. The van der Waals surface area contributed by atoms with Gasteiger partial charge in [-0.2, -0.15) is 5.26 Å². The molecule has 0 aliphatic heterocycles. The summed E-state index contributed by atoms with van der Waals surface area (Å²) in [5.74, 6) is -0.466. The summed E-state index contributed by atoms with van der Waals surface area (Å²) in [5.41, 5.74) is 0.680. The summed E-state index contributed by atoms with van der Waals surface area (Å²) in [6.07, 6.45) is 2.06. The highest BCUT2D eigenvalue weighted by molar-refractivity contribution is 5.58. The molecule has 1 aromatic carbocycles. The van der Waals surface area contributed by atoms with E-state index >= 15 is 0 Å². The van der Waals surface area contributed by atoms with E-state index in [0.29, 0.717) is 5.69 Å². The summed E-state index contributed by atoms with van der Waals surface area (Å²) in [5, 5.41) is 12.0. The number of halogens is 1. The van der Waals surface area contributed by atoms with Crippen LogP contribution in [0.4, 0.5) is 10.1 Å². The second kappa shape index (κ2) is 5.35. The van der Waals surface area contributed by atoms with Gasteiger partial charge < -0.3 is 5.32 Å². The lowest BCUT2D eigenvalue weighted by molar-refractivity contribution is 0.623. The summed E-state index contributed by atoms with van der Waals surface area (Å²) >= 11 is 0. The van der Waals surface area contributed by atoms with Crippen LogP contribution in [0.2, 0.25) is 0 Å². The van der Waals surface area contributed by atoms with Gasteiger partial charge in [-0.1, -0.05) is 19.4 Å². The zero-order valence-electron chi connectivity index (χ0n) is 9.05. The second-order valence-corrected chi connectivity index (χ2v) is 3.61. The summed E-state index contributed by atoms with van der Waals surface area (Å²) < 4.78 is 13.2. The monoisotopic (exact) mass is 206 g/mol. The molecule has 1 rings (SSSR count). The quantitative estimate of drug-likeness (QED) is 0.820. The third-order valence-corrected chi connectivity index (χ3v) is 2.25. The average molecular weight is 206 g/mol. The Labute approximate surface area is 89.7 Å². The Morgan fingerprint density at radius 3 is 2.87 bits per heavy atom. The topological polar surface area (TPSA) is 35.8 Å². The van der Waals surface area contributed by atoms with Crippen molar-refractivity contribution < 1.29 is 4.39 Å². The molecule has 1 N–H and O–H groups in total. The molecule has 0 aromatic heterocycles. The molecule has 1 unspecified atom stereocenters. The van der Waals surface area contributed by atoms with E-state index < -0.39 is 5.82 Å². The molecule has 0 saturated carbocycles. The molecule has 0 aliphatic rings. The van der Waals surface area contributed by atoms with E-state index in [1.807, 2.05) is 13.0 Å². The Hall–Kier alpha value is -1.56. The van der Waals surface area contributed by atoms with Gasteiger partial charge in [0.15, 0.2) is 0 Å². The zero-order valence-corrected chi connectivity index (χ0v) is 9.05. The van der Waals surface area contributed by atoms with E-state index in [0.717, 1.165) is 12.8 Å². The van der Waals surface area contributed by atoms with Crippen molar-refractivity contribution in [3.63, 3.8) is 0 Å². The fourth-order valence-corrected chi connectivity index (χ4v) is 1.53. The molecule has 15 heavy (non-hydrogen) atoms. The minimum absolute atomic E-state index is 0.0976. The lowest BCUT2D eigenvalue weighted by Gasteiger charge is -2.15. The summed E-state index contributed by atoms with van der Waals surface area (Å²) in [4.78, 5) is 0. The molecule has 3 heteroatoms. The molecule has 0 radical (unpaired) electrons. The van der Waals surface area contributed by atoms with Gasteiger partial charge in [-0.05, 0) is 25.5 Å². The number of anilines is 1. The molecule has 0 amide bonds. The van der Waals surface area contributed by atoms with Crippen molar-refractivity contribution in [1.29, 1.82) is 5.26 Å². The molecule has 80 valence electrons. The van der Waals surface area contributed by atoms with Crippen LogP contribution in [0.5, 0.6) is 0 Å². The van der Waals surface area contributed by atoms with Gasteiger partial charge in [0.1, 0.15) is 17.4 Å². The van der Waals surface area contributed by atoms with Gasteiger partial charge in [-0.15, -0.1) is 0 Å². The second-order valence-electron chi connectivity index (χ2n) is 3.61. The minimum atomic E-state index is -0.466. The molecule has 0 bridgehead atoms. The van der Waals surface area contributed by atoms with Gasteiger partial charge in [0.2, 0.25) is 0 Å². The predicted molar refractivity (Wildman–Crippen MR) is 59.1 cm³/mol. The van der Waals surface area contributed by atoms with E-state index in [1.54, 1.807) is 12.1 Å². The van der Waals surface area contributed by atoms with Crippen molar-refractivity contribution in [2.45, 2.75) is 32.7 Å². The van der Waals surface area contributed by atoms with Crippen LogP contribution < -0.4 is 5.32 Å². The van der Waals surface area contributed by atoms with Gasteiger partial charge >= 0.3 is 0 Å². The summed E-state index contributed by atoms with van der Waals surface area (Å²) in [6, 6.07) is 6.77. The highest BCUT2D eigenvalue weighted by Gasteiger charge is 2.09. The van der Waals surface area contributed by atoms with Crippen LogP contribution in [-0.2, 0) is 0 Å². The normalized spacial score (nSPS) is 11.9. The maximum absolute atomic E-state index is 13.2. The van der Waals surface area contributed by atoms with Crippen LogP contribution in [0.15, 0.2) is 18.2 Å². The average Bonchev–Trinajstić information content (AvgIpc) is 2.18. The number of benzene rings is 1. The molecule has 0 heterocycles. The Balaban J connectivity index is 2.86. The highest BCUT2D eigenvalue weighted by Crippen LogP contribution is 2.19. The SMILES string of the molecule is CCCC(C)Nc1cccc(F)c1C#N. The van der Waals surface area contributed by atoms with E-state index in [-0.39, 0.29) is 11.6 Å². The number of rotatable bonds is 4. The first kappa shape index (κ1) is 11.5. The fourth-order valence-electron chi connectivity index (χ4n) is 1.53. The number of nitrogens with one attached hydrogen (secondary N) is 1. The molecule has 1 atom stereocenters. The third-order valence-electron chi connectivity index (χ3n) is 2.25. The lowest BCUT2D eigenvalue weighted by atomic mass is 10.1. The van der Waals surface area contributed by atoms with E-state index in [2.05, 4.69) is 12.2 Å². The largest absolute Gasteiger partial charge is 0.381 e. The molecule has 1 aromatic rings. The molecular weight excluding hydrogens is 191 g/mol. The van der Waals surface area contributed by atoms with Gasteiger partial charge in [-0.3, -0.25) is 0 Å². The Morgan fingerprint density at radius 2 is 2.27 bits per heavy atom. The highest BCUT2D eigenvalue weighted by atomic mass is 19.1. The van der Waals surface area contributed by atoms with Crippen molar-refractivity contribution in [3.8, 4) is 6.07 Å². The number of nitrogens with zero attached hydrogens (tertiary/aromatic N) is 1. The van der Waals surface area contributed by atoms with Crippen molar-refractivity contribution in [2.75, 3.05) is 5.32 Å². The maximum atomic E-state index is 13.2. The fraction of sp³-hybridized carbons (Fsp3) is 0.417. The van der Waals surface area contributed by atoms with E-state index in [4.69, 9.17) is 5.26 Å². The number of nitriles is 1. The van der Waals surface area contributed by atoms with Gasteiger partial charge in [0.25, 0.3) is 0 Å². The van der Waals surface area contributed by atoms with Crippen LogP contribution in [0.3, 0.4) is 0 Å². The lowest BCUT2D eigenvalue weighted by Crippen LogP contribution is -2.15. The van der Waals surface area contributed by atoms with Crippen molar-refractivity contribution in [3.05, 3.63) is 29.6 Å². The molecular formula is C12H15FN2. The van der Waals surface area contributed by atoms with E-state index in [1.165, 1.54) is 6.07 Å². The van der Waals surface area contributed by atoms with Gasteiger partial charge in [0, 0.05) is 6.04 Å². The van der Waals surface area contributed by atoms with Crippen LogP contribution in [0, 0.1) is 17.1 Å². The standard InChI is InChI=1S/C12H15FN2/c1-3-5-9(2)15-12-7-4-6-11(13)10(12)8-14/h4,6-7,9,15H,3,5H2,1-2H3. The molecule has 0 spiro atoms. The molecule has 2 nitrogen and oxygen atoms in total. The van der Waals surface area contributed by atoms with Crippen LogP contribution in [-0.4, -0.2) is 6.04 Å². The van der Waals surface area contributed by atoms with Gasteiger partial charge in [0.05, 0.1) is 5.69 Å². The van der Waals surface area contributed by atoms with Crippen LogP contribution in [0.1, 0.15) is 32.3 Å². The van der Waals surface area contributed by atoms with Crippen molar-refractivity contribution in [2.24, 2.45) is 0 Å².